The first-order valence-electron chi connectivity index (χ1n) is 5.42. The topological polar surface area (TPSA) is 50.4 Å². The molecule has 1 aromatic heterocycles. The summed E-state index contributed by atoms with van der Waals surface area (Å²) < 4.78 is 5.38. The Balaban J connectivity index is 2.57. The highest BCUT2D eigenvalue weighted by molar-refractivity contribution is 5.73. The zero-order valence-corrected chi connectivity index (χ0v) is 9.86. The van der Waals surface area contributed by atoms with Crippen LogP contribution in [0.4, 0.5) is 0 Å². The molecule has 0 atom stereocenters. The summed E-state index contributed by atoms with van der Waals surface area (Å²) in [5, 5.41) is 9.35. The van der Waals surface area contributed by atoms with Crippen molar-refractivity contribution in [2.45, 2.75) is 20.5 Å². The van der Waals surface area contributed by atoms with Gasteiger partial charge >= 0.3 is 0 Å². The molecule has 0 amide bonds. The Bertz CT molecular complexity index is 553. The van der Waals surface area contributed by atoms with Crippen LogP contribution >= 0.6 is 0 Å². The van der Waals surface area contributed by atoms with Crippen molar-refractivity contribution < 1.29 is 14.3 Å². The highest BCUT2D eigenvalue weighted by atomic mass is 16.3. The Kier molecular flexibility index (Phi) is 3.11. The molecule has 3 nitrogen and oxygen atoms in total. The van der Waals surface area contributed by atoms with Gasteiger partial charge < -0.3 is 9.52 Å². The molecule has 2 aromatic rings. The number of hydrogen-bond acceptors (Lipinski definition) is 3. The highest BCUT2D eigenvalue weighted by Crippen LogP contribution is 2.28. The van der Waals surface area contributed by atoms with Crippen molar-refractivity contribution in [3.8, 4) is 11.3 Å². The van der Waals surface area contributed by atoms with E-state index in [1.165, 1.54) is 0 Å². The first-order valence-corrected chi connectivity index (χ1v) is 5.42. The second-order valence-electron chi connectivity index (χ2n) is 4.07. The number of benzene rings is 1. The second kappa shape index (κ2) is 4.55. The van der Waals surface area contributed by atoms with E-state index < -0.39 is 0 Å². The van der Waals surface area contributed by atoms with Crippen molar-refractivity contribution in [3.05, 3.63) is 46.7 Å². The lowest BCUT2D eigenvalue weighted by Gasteiger charge is -2.09. The van der Waals surface area contributed by atoms with E-state index in [2.05, 4.69) is 0 Å². The number of furan rings is 1. The molecule has 17 heavy (non-hydrogen) atoms. The molecule has 0 fully saturated rings. The van der Waals surface area contributed by atoms with Gasteiger partial charge in [-0.3, -0.25) is 4.79 Å². The van der Waals surface area contributed by atoms with Gasteiger partial charge in [-0.25, -0.2) is 0 Å². The maximum Gasteiger partial charge on any atom is 0.185 e. The van der Waals surface area contributed by atoms with Crippen molar-refractivity contribution in [1.82, 2.24) is 0 Å². The van der Waals surface area contributed by atoms with E-state index in [0.717, 1.165) is 22.3 Å². The van der Waals surface area contributed by atoms with Gasteiger partial charge in [-0.15, -0.1) is 0 Å². The second-order valence-corrected chi connectivity index (χ2v) is 4.07. The first kappa shape index (κ1) is 11.6. The summed E-state index contributed by atoms with van der Waals surface area (Å²) in [6, 6.07) is 7.27. The number of aldehydes is 1. The Labute approximate surface area is 99.7 Å². The van der Waals surface area contributed by atoms with Crippen LogP contribution in [0.3, 0.4) is 0 Å². The minimum atomic E-state index is -0.0480. The average molecular weight is 230 g/mol. The Morgan fingerprint density at radius 1 is 1.24 bits per heavy atom. The van der Waals surface area contributed by atoms with Crippen LogP contribution in [-0.4, -0.2) is 11.4 Å². The lowest BCUT2D eigenvalue weighted by molar-refractivity contribution is 0.110. The van der Waals surface area contributed by atoms with E-state index in [1.807, 2.05) is 26.0 Å². The van der Waals surface area contributed by atoms with Gasteiger partial charge in [0.2, 0.25) is 0 Å². The molecule has 0 spiro atoms. The van der Waals surface area contributed by atoms with Crippen LogP contribution in [-0.2, 0) is 6.61 Å². The van der Waals surface area contributed by atoms with E-state index in [0.29, 0.717) is 17.8 Å². The highest BCUT2D eigenvalue weighted by Gasteiger charge is 2.10. The fourth-order valence-corrected chi connectivity index (χ4v) is 1.80. The molecule has 0 unspecified atom stereocenters. The molecule has 0 aliphatic carbocycles. The summed E-state index contributed by atoms with van der Waals surface area (Å²) in [5.74, 6) is 0.904. The smallest absolute Gasteiger partial charge is 0.185 e. The molecule has 2 rings (SSSR count). The number of aliphatic hydroxyl groups is 1. The van der Waals surface area contributed by atoms with Crippen molar-refractivity contribution >= 4 is 6.29 Å². The molecule has 3 heteroatoms. The van der Waals surface area contributed by atoms with Crippen LogP contribution in [0.25, 0.3) is 11.3 Å². The van der Waals surface area contributed by atoms with E-state index in [1.54, 1.807) is 12.1 Å². The standard InChI is InChI=1S/C14H14O3/c1-9-5-11(7-15)13(6-10(9)2)14-4-3-12(8-16)17-14/h3-6,8,15H,7H2,1-2H3. The Morgan fingerprint density at radius 3 is 2.53 bits per heavy atom. The lowest BCUT2D eigenvalue weighted by Crippen LogP contribution is -1.92. The quantitative estimate of drug-likeness (QED) is 0.825. The van der Waals surface area contributed by atoms with Crippen LogP contribution in [0.5, 0.6) is 0 Å². The SMILES string of the molecule is Cc1cc(CO)c(-c2ccc(C=O)o2)cc1C. The first-order chi connectivity index (χ1) is 8.15. The zero-order chi connectivity index (χ0) is 12.4. The van der Waals surface area contributed by atoms with Gasteiger partial charge in [0.1, 0.15) is 5.76 Å². The fraction of sp³-hybridized carbons (Fsp3) is 0.214. The van der Waals surface area contributed by atoms with Crippen LogP contribution in [0, 0.1) is 13.8 Å². The predicted octanol–water partition coefficient (Wildman–Crippen LogP) is 2.87. The van der Waals surface area contributed by atoms with E-state index in [4.69, 9.17) is 4.42 Å². The van der Waals surface area contributed by atoms with Gasteiger partial charge in [0.05, 0.1) is 6.61 Å². The van der Waals surface area contributed by atoms with Crippen LogP contribution in [0.2, 0.25) is 0 Å². The van der Waals surface area contributed by atoms with E-state index >= 15 is 0 Å². The predicted molar refractivity (Wildman–Crippen MR) is 64.9 cm³/mol. The fourth-order valence-electron chi connectivity index (χ4n) is 1.80. The molecule has 0 aliphatic rings. The maximum atomic E-state index is 10.6. The average Bonchev–Trinajstić information content (AvgIpc) is 2.80. The van der Waals surface area contributed by atoms with Crippen LogP contribution in [0.15, 0.2) is 28.7 Å². The van der Waals surface area contributed by atoms with Crippen molar-refractivity contribution in [3.63, 3.8) is 0 Å². The summed E-state index contributed by atoms with van der Waals surface area (Å²) in [4.78, 5) is 10.6. The van der Waals surface area contributed by atoms with Crippen molar-refractivity contribution in [2.75, 3.05) is 0 Å². The minimum absolute atomic E-state index is 0.0480. The molecule has 1 aromatic carbocycles. The van der Waals surface area contributed by atoms with Gasteiger partial charge in [-0.2, -0.15) is 0 Å². The van der Waals surface area contributed by atoms with E-state index in [9.17, 15) is 9.90 Å². The molecule has 0 aliphatic heterocycles. The lowest BCUT2D eigenvalue weighted by atomic mass is 9.99. The third-order valence-corrected chi connectivity index (χ3v) is 2.90. The van der Waals surface area contributed by atoms with E-state index in [-0.39, 0.29) is 6.61 Å². The Morgan fingerprint density at radius 2 is 1.94 bits per heavy atom. The van der Waals surface area contributed by atoms with Gasteiger partial charge in [-0.1, -0.05) is 6.07 Å². The molecule has 0 radical (unpaired) electrons. The molecule has 0 bridgehead atoms. The largest absolute Gasteiger partial charge is 0.453 e. The summed E-state index contributed by atoms with van der Waals surface area (Å²) in [7, 11) is 0. The third-order valence-electron chi connectivity index (χ3n) is 2.90. The summed E-state index contributed by atoms with van der Waals surface area (Å²) in [6.07, 6.45) is 0.670. The molecule has 1 heterocycles. The summed E-state index contributed by atoms with van der Waals surface area (Å²) in [5.41, 5.74) is 3.89. The molecule has 0 saturated heterocycles. The number of aliphatic hydroxyl groups excluding tert-OH is 1. The molecule has 1 N–H and O–H groups in total. The molecule has 88 valence electrons. The summed E-state index contributed by atoms with van der Waals surface area (Å²) in [6.45, 7) is 3.95. The normalized spacial score (nSPS) is 10.5. The number of rotatable bonds is 3. The zero-order valence-electron chi connectivity index (χ0n) is 9.86. The summed E-state index contributed by atoms with van der Waals surface area (Å²) >= 11 is 0. The van der Waals surface area contributed by atoms with Crippen molar-refractivity contribution in [1.29, 1.82) is 0 Å². The van der Waals surface area contributed by atoms with Gasteiger partial charge in [0.25, 0.3) is 0 Å². The molecular formula is C14H14O3. The monoisotopic (exact) mass is 230 g/mol. The Hall–Kier alpha value is -1.87. The van der Waals surface area contributed by atoms with Gasteiger partial charge in [0.15, 0.2) is 12.0 Å². The number of carbonyl (C=O) groups excluding carboxylic acids is 1. The maximum absolute atomic E-state index is 10.6. The minimum Gasteiger partial charge on any atom is -0.453 e. The molecular weight excluding hydrogens is 216 g/mol. The van der Waals surface area contributed by atoms with Gasteiger partial charge in [-0.05, 0) is 48.7 Å². The van der Waals surface area contributed by atoms with Crippen LogP contribution < -0.4 is 0 Å². The molecule has 0 saturated carbocycles. The van der Waals surface area contributed by atoms with Crippen molar-refractivity contribution in [2.24, 2.45) is 0 Å². The number of hydrogen-bond donors (Lipinski definition) is 1. The number of aryl methyl sites for hydroxylation is 2. The van der Waals surface area contributed by atoms with Gasteiger partial charge in [0, 0.05) is 5.56 Å². The number of carbonyl (C=O) groups is 1. The third kappa shape index (κ3) is 2.15. The van der Waals surface area contributed by atoms with Crippen LogP contribution in [0.1, 0.15) is 27.2 Å².